The van der Waals surface area contributed by atoms with Gasteiger partial charge in [-0.1, -0.05) is 58.0 Å². The number of amides is 1. The van der Waals surface area contributed by atoms with Gasteiger partial charge in [-0.05, 0) is 56.5 Å². The van der Waals surface area contributed by atoms with Crippen molar-refractivity contribution in [3.8, 4) is 0 Å². The van der Waals surface area contributed by atoms with Gasteiger partial charge in [0, 0.05) is 25.0 Å². The largest absolute Gasteiger partial charge is 0.405 e. The van der Waals surface area contributed by atoms with Crippen molar-refractivity contribution < 1.29 is 17.6 Å². The van der Waals surface area contributed by atoms with E-state index >= 15 is 0 Å². The van der Waals surface area contributed by atoms with Crippen LogP contribution in [0.15, 0.2) is 48.7 Å². The monoisotopic (exact) mass is 483 g/mol. The van der Waals surface area contributed by atoms with Gasteiger partial charge in [0.05, 0.1) is 5.75 Å². The summed E-state index contributed by atoms with van der Waals surface area (Å²) >= 11 is 0. The molecule has 3 N–H and O–H groups in total. The summed E-state index contributed by atoms with van der Waals surface area (Å²) in [6.45, 7) is 10.6. The van der Waals surface area contributed by atoms with Gasteiger partial charge in [-0.3, -0.25) is 4.79 Å². The van der Waals surface area contributed by atoms with Gasteiger partial charge in [0.25, 0.3) is 0 Å². The average Bonchev–Trinajstić information content (AvgIpc) is 2.81. The van der Waals surface area contributed by atoms with Gasteiger partial charge in [0.1, 0.15) is 5.82 Å². The van der Waals surface area contributed by atoms with Crippen molar-refractivity contribution in [1.82, 2.24) is 9.62 Å². The molecule has 0 radical (unpaired) electrons. The molecule has 1 aromatic carbocycles. The first-order chi connectivity index (χ1) is 15.8. The third-order valence-corrected chi connectivity index (χ3v) is 7.35. The third-order valence-electron chi connectivity index (χ3n) is 5.27. The molecule has 188 valence electrons. The van der Waals surface area contributed by atoms with Gasteiger partial charge in [0.2, 0.25) is 15.9 Å². The molecule has 1 amide bonds. The number of allylic oxidation sites excluding steroid dienone is 2. The predicted octanol–water partition coefficient (Wildman–Crippen LogP) is 4.49. The molecule has 1 heterocycles. The Morgan fingerprint density at radius 2 is 1.82 bits per heavy atom. The first-order valence-electron chi connectivity index (χ1n) is 11.8. The summed E-state index contributed by atoms with van der Waals surface area (Å²) in [5.74, 6) is -0.431. The lowest BCUT2D eigenvalue weighted by Gasteiger charge is -2.42. The van der Waals surface area contributed by atoms with Crippen LogP contribution in [0.5, 0.6) is 0 Å². The first kappa shape index (κ1) is 30.8. The van der Waals surface area contributed by atoms with Crippen molar-refractivity contribution in [1.29, 1.82) is 0 Å². The van der Waals surface area contributed by atoms with Gasteiger partial charge >= 0.3 is 0 Å². The van der Waals surface area contributed by atoms with E-state index in [-0.39, 0.29) is 24.0 Å². The van der Waals surface area contributed by atoms with Gasteiger partial charge < -0.3 is 11.1 Å². The Hall–Kier alpha value is -2.19. The molecule has 1 aliphatic heterocycles. The molecule has 6 nitrogen and oxygen atoms in total. The van der Waals surface area contributed by atoms with Crippen molar-refractivity contribution in [2.24, 2.45) is 5.73 Å². The fraction of sp³-hybridized carbons (Fsp3) is 0.560. The van der Waals surface area contributed by atoms with Gasteiger partial charge in [-0.15, -0.1) is 0 Å². The maximum absolute atomic E-state index is 14.5. The molecule has 0 unspecified atom stereocenters. The number of nitrogens with one attached hydrogen (secondary N) is 1. The highest BCUT2D eigenvalue weighted by Crippen LogP contribution is 2.37. The molecule has 33 heavy (non-hydrogen) atoms. The number of piperidine rings is 1. The van der Waals surface area contributed by atoms with Gasteiger partial charge in [0.15, 0.2) is 0 Å². The topological polar surface area (TPSA) is 92.5 Å². The second kappa shape index (κ2) is 16.4. The molecule has 0 aromatic heterocycles. The Kier molecular flexibility index (Phi) is 15.3. The van der Waals surface area contributed by atoms with Crippen LogP contribution in [-0.4, -0.2) is 44.0 Å². The van der Waals surface area contributed by atoms with Crippen LogP contribution >= 0.6 is 0 Å². The van der Waals surface area contributed by atoms with Crippen molar-refractivity contribution in [3.05, 3.63) is 60.1 Å². The van der Waals surface area contributed by atoms with E-state index < -0.39 is 15.4 Å². The van der Waals surface area contributed by atoms with E-state index in [9.17, 15) is 17.6 Å². The number of benzene rings is 1. The van der Waals surface area contributed by atoms with Crippen molar-refractivity contribution >= 4 is 15.9 Å². The molecule has 8 heteroatoms. The summed E-state index contributed by atoms with van der Waals surface area (Å²) in [4.78, 5) is 11.9. The maximum atomic E-state index is 14.5. The van der Waals surface area contributed by atoms with Crippen LogP contribution < -0.4 is 11.1 Å². The Balaban J connectivity index is 0.00000129. The number of sulfonamides is 1. The van der Waals surface area contributed by atoms with Crippen molar-refractivity contribution in [3.63, 3.8) is 0 Å². The molecule has 0 bridgehead atoms. The molecule has 0 spiro atoms. The summed E-state index contributed by atoms with van der Waals surface area (Å²) < 4.78 is 40.6. The smallest absolute Gasteiger partial charge is 0.243 e. The minimum Gasteiger partial charge on any atom is -0.405 e. The van der Waals surface area contributed by atoms with Crippen LogP contribution in [0, 0.1) is 5.82 Å². The second-order valence-corrected chi connectivity index (χ2v) is 9.62. The minimum atomic E-state index is -3.27. The van der Waals surface area contributed by atoms with Gasteiger partial charge in [-0.2, -0.15) is 0 Å². The Morgan fingerprint density at radius 3 is 2.27 bits per heavy atom. The Morgan fingerprint density at radius 1 is 1.21 bits per heavy atom. The summed E-state index contributed by atoms with van der Waals surface area (Å²) in [5, 5.41) is 2.84. The summed E-state index contributed by atoms with van der Waals surface area (Å²) in [7, 11) is -3.27. The highest BCUT2D eigenvalue weighted by Gasteiger charge is 2.40. The molecule has 2 rings (SSSR count). The SMILES string of the molecule is C/C=C/C(=O)NCC1(c2ccccc2F)CCN(S(=O)(=O)CCC)CC1.CC.CC/C=C/N. The predicted molar refractivity (Wildman–Crippen MR) is 136 cm³/mol. The fourth-order valence-electron chi connectivity index (χ4n) is 3.61. The van der Waals surface area contributed by atoms with Gasteiger partial charge in [-0.25, -0.2) is 17.1 Å². The average molecular weight is 484 g/mol. The van der Waals surface area contributed by atoms with E-state index in [4.69, 9.17) is 5.73 Å². The molecule has 1 aromatic rings. The molecule has 1 saturated heterocycles. The third kappa shape index (κ3) is 10.1. The number of carbonyl (C=O) groups excluding carboxylic acids is 1. The van der Waals surface area contributed by atoms with Crippen LogP contribution in [0.3, 0.4) is 0 Å². The molecule has 0 atom stereocenters. The lowest BCUT2D eigenvalue weighted by Crippen LogP contribution is -2.50. The van der Waals surface area contributed by atoms with E-state index in [1.54, 1.807) is 37.4 Å². The summed E-state index contributed by atoms with van der Waals surface area (Å²) in [6.07, 6.45) is 9.06. The summed E-state index contributed by atoms with van der Waals surface area (Å²) in [5.41, 5.74) is 4.88. The van der Waals surface area contributed by atoms with Crippen LogP contribution in [0.2, 0.25) is 0 Å². The van der Waals surface area contributed by atoms with Crippen LogP contribution in [-0.2, 0) is 20.2 Å². The zero-order valence-corrected chi connectivity index (χ0v) is 21.6. The van der Waals surface area contributed by atoms with E-state index in [1.807, 2.05) is 33.8 Å². The minimum absolute atomic E-state index is 0.123. The molecule has 1 fully saturated rings. The van der Waals surface area contributed by atoms with E-state index in [1.165, 1.54) is 16.4 Å². The number of carbonyl (C=O) groups is 1. The number of nitrogens with two attached hydrogens (primary N) is 1. The lowest BCUT2D eigenvalue weighted by molar-refractivity contribution is -0.116. The lowest BCUT2D eigenvalue weighted by atomic mass is 9.73. The van der Waals surface area contributed by atoms with Crippen LogP contribution in [0.25, 0.3) is 0 Å². The standard InChI is InChI=1S/C19H27FN2O3S.C4H9N.C2H6/c1-3-7-18(23)21-15-19(16-8-5-6-9-17(16)20)10-12-22(13-11-19)26(24,25)14-4-2;1-2-3-4-5;1-2/h3,5-9H,4,10-15H2,1-2H3,(H,21,23);3-4H,2,5H2,1H3;1-2H3/b7-3+;4-3+;. The van der Waals surface area contributed by atoms with E-state index in [2.05, 4.69) is 5.32 Å². The number of hydrogen-bond acceptors (Lipinski definition) is 4. The Bertz CT molecular complexity index is 846. The van der Waals surface area contributed by atoms with Crippen molar-refractivity contribution in [2.45, 2.75) is 65.7 Å². The zero-order valence-electron chi connectivity index (χ0n) is 20.8. The van der Waals surface area contributed by atoms with Crippen LogP contribution in [0.4, 0.5) is 4.39 Å². The molecular weight excluding hydrogens is 441 g/mol. The molecule has 0 saturated carbocycles. The van der Waals surface area contributed by atoms with Crippen LogP contribution in [0.1, 0.15) is 65.9 Å². The summed E-state index contributed by atoms with van der Waals surface area (Å²) in [6, 6.07) is 6.54. The van der Waals surface area contributed by atoms with E-state index in [0.717, 1.165) is 6.42 Å². The number of halogens is 1. The molecular formula is C25H42FN3O3S. The number of hydrogen-bond donors (Lipinski definition) is 2. The fourth-order valence-corrected chi connectivity index (χ4v) is 5.13. The Labute approximate surface area is 200 Å². The van der Waals surface area contributed by atoms with Crippen molar-refractivity contribution in [2.75, 3.05) is 25.4 Å². The quantitative estimate of drug-likeness (QED) is 0.533. The normalized spacial score (nSPS) is 15.9. The second-order valence-electron chi connectivity index (χ2n) is 7.53. The highest BCUT2D eigenvalue weighted by atomic mass is 32.2. The van der Waals surface area contributed by atoms with E-state index in [0.29, 0.717) is 37.9 Å². The molecule has 0 aliphatic carbocycles. The zero-order chi connectivity index (χ0) is 25.3. The first-order valence-corrected chi connectivity index (χ1v) is 13.4. The number of nitrogens with zero attached hydrogens (tertiary/aromatic N) is 1. The maximum Gasteiger partial charge on any atom is 0.243 e. The number of rotatable bonds is 8. The highest BCUT2D eigenvalue weighted by molar-refractivity contribution is 7.89. The molecule has 1 aliphatic rings.